The number of pyridine rings is 1. The van der Waals surface area contributed by atoms with Gasteiger partial charge in [-0.15, -0.1) is 0 Å². The van der Waals surface area contributed by atoms with Crippen molar-refractivity contribution in [3.8, 4) is 5.88 Å². The maximum Gasteiger partial charge on any atom is 0.213 e. The van der Waals surface area contributed by atoms with Crippen LogP contribution in [0, 0.1) is 0 Å². The molecule has 1 fully saturated rings. The van der Waals surface area contributed by atoms with Crippen molar-refractivity contribution in [2.24, 2.45) is 4.99 Å². The molecule has 2 rings (SSSR count). The van der Waals surface area contributed by atoms with Gasteiger partial charge in [-0.1, -0.05) is 30.5 Å². The van der Waals surface area contributed by atoms with Crippen LogP contribution in [-0.4, -0.2) is 47.6 Å². The predicted molar refractivity (Wildman–Crippen MR) is 110 cm³/mol. The number of thioether (sulfide) groups is 1. The summed E-state index contributed by atoms with van der Waals surface area (Å²) in [5, 5.41) is 1.01. The first-order chi connectivity index (χ1) is 12.7. The number of rotatable bonds is 6. The largest absolute Gasteiger partial charge is 0.490 e. The van der Waals surface area contributed by atoms with E-state index in [0.29, 0.717) is 5.88 Å². The highest BCUT2D eigenvalue weighted by atomic mass is 32.2. The molecule has 1 aromatic heterocycles. The number of aliphatic imine (C=N–C) groups is 1. The lowest BCUT2D eigenvalue weighted by molar-refractivity contribution is 0.0758. The van der Waals surface area contributed by atoms with Gasteiger partial charge in [0.2, 0.25) is 5.88 Å². The minimum absolute atomic E-state index is 0.222. The van der Waals surface area contributed by atoms with Crippen LogP contribution in [0.4, 0.5) is 5.69 Å². The SMILES string of the molecule is C=C/C=C(\C=C/C)OC1CCN(C(=Nc2ccc(OC)nc2)SC)CC1. The molecule has 0 radical (unpaired) electrons. The Morgan fingerprint density at radius 2 is 2.15 bits per heavy atom. The zero-order chi connectivity index (χ0) is 18.8. The van der Waals surface area contributed by atoms with E-state index < -0.39 is 0 Å². The van der Waals surface area contributed by atoms with Gasteiger partial charge in [0.25, 0.3) is 0 Å². The predicted octanol–water partition coefficient (Wildman–Crippen LogP) is 4.57. The maximum absolute atomic E-state index is 6.08. The topological polar surface area (TPSA) is 47.0 Å². The molecule has 0 amide bonds. The summed E-state index contributed by atoms with van der Waals surface area (Å²) in [6, 6.07) is 3.74. The van der Waals surface area contributed by atoms with E-state index in [1.807, 2.05) is 37.3 Å². The highest BCUT2D eigenvalue weighted by Crippen LogP contribution is 2.23. The molecule has 1 aliphatic rings. The van der Waals surface area contributed by atoms with E-state index >= 15 is 0 Å². The number of aromatic nitrogens is 1. The van der Waals surface area contributed by atoms with Gasteiger partial charge in [-0.25, -0.2) is 9.98 Å². The van der Waals surface area contributed by atoms with E-state index in [0.717, 1.165) is 42.5 Å². The monoisotopic (exact) mass is 373 g/mol. The third-order valence-electron chi connectivity index (χ3n) is 3.97. The summed E-state index contributed by atoms with van der Waals surface area (Å²) in [6.07, 6.45) is 13.5. The van der Waals surface area contributed by atoms with Gasteiger partial charge in [0.05, 0.1) is 19.0 Å². The van der Waals surface area contributed by atoms with Crippen molar-refractivity contribution in [1.82, 2.24) is 9.88 Å². The van der Waals surface area contributed by atoms with E-state index in [2.05, 4.69) is 22.7 Å². The minimum Gasteiger partial charge on any atom is -0.490 e. The average molecular weight is 374 g/mol. The Bertz CT molecular complexity index is 660. The summed E-state index contributed by atoms with van der Waals surface area (Å²) in [4.78, 5) is 11.3. The van der Waals surface area contributed by atoms with Crippen molar-refractivity contribution < 1.29 is 9.47 Å². The number of piperidine rings is 1. The fourth-order valence-corrected chi connectivity index (χ4v) is 3.32. The van der Waals surface area contributed by atoms with Gasteiger partial charge in [-0.3, -0.25) is 0 Å². The van der Waals surface area contributed by atoms with Crippen LogP contribution in [0.1, 0.15) is 19.8 Å². The Morgan fingerprint density at radius 3 is 2.69 bits per heavy atom. The van der Waals surface area contributed by atoms with Crippen molar-refractivity contribution in [1.29, 1.82) is 0 Å². The zero-order valence-corrected chi connectivity index (χ0v) is 16.5. The van der Waals surface area contributed by atoms with Crippen molar-refractivity contribution >= 4 is 22.6 Å². The smallest absolute Gasteiger partial charge is 0.213 e. The first kappa shape index (κ1) is 20.1. The minimum atomic E-state index is 0.222. The standard InChI is InChI=1S/C20H27N3O2S/c1-5-7-17(8-6-2)25-18-11-13-23(14-12-18)20(26-4)22-16-9-10-19(24-3)21-15-16/h5-10,15,18H,1,11-14H2,2-4H3/b8-6-,17-7+,22-20?. The highest BCUT2D eigenvalue weighted by molar-refractivity contribution is 8.13. The normalized spacial score (nSPS) is 16.8. The van der Waals surface area contributed by atoms with Crippen LogP contribution >= 0.6 is 11.8 Å². The van der Waals surface area contributed by atoms with E-state index in [1.54, 1.807) is 31.1 Å². The Balaban J connectivity index is 1.96. The molecule has 0 spiro atoms. The van der Waals surface area contributed by atoms with Gasteiger partial charge in [-0.2, -0.15) is 0 Å². The number of likely N-dealkylation sites (tertiary alicyclic amines) is 1. The van der Waals surface area contributed by atoms with Gasteiger partial charge in [0.1, 0.15) is 11.9 Å². The number of allylic oxidation sites excluding steroid dienone is 4. The number of ether oxygens (including phenoxy) is 2. The Morgan fingerprint density at radius 1 is 1.38 bits per heavy atom. The Hall–Kier alpha value is -2.21. The number of amidine groups is 1. The van der Waals surface area contributed by atoms with Gasteiger partial charge in [0, 0.05) is 32.0 Å². The molecule has 2 heterocycles. The average Bonchev–Trinajstić information content (AvgIpc) is 2.68. The summed E-state index contributed by atoms with van der Waals surface area (Å²) in [6.45, 7) is 7.57. The molecule has 0 aliphatic carbocycles. The molecule has 1 aliphatic heterocycles. The van der Waals surface area contributed by atoms with E-state index in [9.17, 15) is 0 Å². The van der Waals surface area contributed by atoms with Crippen molar-refractivity contribution in [2.45, 2.75) is 25.9 Å². The van der Waals surface area contributed by atoms with Gasteiger partial charge < -0.3 is 14.4 Å². The third kappa shape index (κ3) is 5.95. The van der Waals surface area contributed by atoms with Crippen LogP contribution in [0.3, 0.4) is 0 Å². The molecule has 0 bridgehead atoms. The molecule has 1 saturated heterocycles. The highest BCUT2D eigenvalue weighted by Gasteiger charge is 2.22. The fourth-order valence-electron chi connectivity index (χ4n) is 2.69. The lowest BCUT2D eigenvalue weighted by atomic mass is 10.1. The summed E-state index contributed by atoms with van der Waals surface area (Å²) in [5.41, 5.74) is 0.831. The second-order valence-electron chi connectivity index (χ2n) is 5.77. The molecule has 0 atom stereocenters. The summed E-state index contributed by atoms with van der Waals surface area (Å²) < 4.78 is 11.2. The van der Waals surface area contributed by atoms with E-state index in [4.69, 9.17) is 14.5 Å². The Labute approximate surface area is 160 Å². The third-order valence-corrected chi connectivity index (χ3v) is 4.68. The molecule has 0 unspecified atom stereocenters. The van der Waals surface area contributed by atoms with Crippen LogP contribution in [0.5, 0.6) is 5.88 Å². The molecule has 6 heteroatoms. The molecule has 0 aromatic carbocycles. The molecular weight excluding hydrogens is 346 g/mol. The Kier molecular flexibility index (Phi) is 8.28. The number of methoxy groups -OCH3 is 1. The molecule has 5 nitrogen and oxygen atoms in total. The molecule has 0 N–H and O–H groups in total. The van der Waals surface area contributed by atoms with Gasteiger partial charge in [0.15, 0.2) is 5.17 Å². The van der Waals surface area contributed by atoms with Crippen LogP contribution in [-0.2, 0) is 4.74 Å². The first-order valence-corrected chi connectivity index (χ1v) is 9.92. The summed E-state index contributed by atoms with van der Waals surface area (Å²) in [7, 11) is 1.61. The molecule has 1 aromatic rings. The lowest BCUT2D eigenvalue weighted by Crippen LogP contribution is -2.39. The number of hydrogen-bond acceptors (Lipinski definition) is 5. The first-order valence-electron chi connectivity index (χ1n) is 8.70. The molecule has 140 valence electrons. The molecular formula is C20H27N3O2S. The second kappa shape index (κ2) is 10.7. The van der Waals surface area contributed by atoms with Crippen molar-refractivity contribution in [3.05, 3.63) is 55.0 Å². The van der Waals surface area contributed by atoms with Crippen LogP contribution < -0.4 is 4.74 Å². The van der Waals surface area contributed by atoms with Crippen LogP contribution in [0.2, 0.25) is 0 Å². The van der Waals surface area contributed by atoms with Crippen molar-refractivity contribution in [3.63, 3.8) is 0 Å². The van der Waals surface area contributed by atoms with Crippen LogP contribution in [0.15, 0.2) is 60.0 Å². The summed E-state index contributed by atoms with van der Waals surface area (Å²) >= 11 is 1.65. The zero-order valence-electron chi connectivity index (χ0n) is 15.7. The van der Waals surface area contributed by atoms with E-state index in [1.165, 1.54) is 0 Å². The van der Waals surface area contributed by atoms with Gasteiger partial charge in [-0.05, 0) is 31.4 Å². The summed E-state index contributed by atoms with van der Waals surface area (Å²) in [5.74, 6) is 1.46. The van der Waals surface area contributed by atoms with Gasteiger partial charge >= 0.3 is 0 Å². The maximum atomic E-state index is 6.08. The number of nitrogens with zero attached hydrogens (tertiary/aromatic N) is 3. The van der Waals surface area contributed by atoms with Crippen molar-refractivity contribution in [2.75, 3.05) is 26.5 Å². The molecule has 0 saturated carbocycles. The molecule has 26 heavy (non-hydrogen) atoms. The fraction of sp³-hybridized carbons (Fsp3) is 0.400. The van der Waals surface area contributed by atoms with E-state index in [-0.39, 0.29) is 6.10 Å². The van der Waals surface area contributed by atoms with Crippen LogP contribution in [0.25, 0.3) is 0 Å². The quantitative estimate of drug-likeness (QED) is 0.316. The number of hydrogen-bond donors (Lipinski definition) is 0. The lowest BCUT2D eigenvalue weighted by Gasteiger charge is -2.33. The second-order valence-corrected chi connectivity index (χ2v) is 6.54.